The van der Waals surface area contributed by atoms with E-state index in [0.717, 1.165) is 26.2 Å². The minimum Gasteiger partial charge on any atom is -0.378 e. The predicted octanol–water partition coefficient (Wildman–Crippen LogP) is -0.593. The molecule has 107 valence electrons. The van der Waals surface area contributed by atoms with Gasteiger partial charge in [-0.2, -0.15) is 0 Å². The highest BCUT2D eigenvalue weighted by molar-refractivity contribution is 4.56. The molecule has 6 nitrogen and oxygen atoms in total. The molecular weight excluding hydrogens is 236 g/mol. The van der Waals surface area contributed by atoms with E-state index in [-0.39, 0.29) is 0 Å². The molecule has 0 aliphatic carbocycles. The van der Waals surface area contributed by atoms with E-state index in [4.69, 9.17) is 18.9 Å². The molecule has 0 spiro atoms. The standard InChI is InChI=1S/C12H25N2O4/c1-5-15-9-10-17-7-3-14-4-8-18-12-11-16-6-2-13-1/h5,13-14H,1-4,6-12H2. The van der Waals surface area contributed by atoms with Crippen molar-refractivity contribution in [1.29, 1.82) is 0 Å². The average molecular weight is 261 g/mol. The van der Waals surface area contributed by atoms with Crippen LogP contribution in [0.25, 0.3) is 0 Å². The Balaban J connectivity index is 2.00. The minimum atomic E-state index is 0.599. The van der Waals surface area contributed by atoms with Gasteiger partial charge in [0.1, 0.15) is 0 Å². The quantitative estimate of drug-likeness (QED) is 0.608. The van der Waals surface area contributed by atoms with E-state index in [2.05, 4.69) is 10.6 Å². The Labute approximate surface area is 109 Å². The highest BCUT2D eigenvalue weighted by Crippen LogP contribution is 1.83. The smallest absolute Gasteiger partial charge is 0.0974 e. The minimum absolute atomic E-state index is 0.599. The van der Waals surface area contributed by atoms with E-state index < -0.39 is 0 Å². The molecule has 18 heavy (non-hydrogen) atoms. The molecule has 0 amide bonds. The lowest BCUT2D eigenvalue weighted by Gasteiger charge is -2.10. The highest BCUT2D eigenvalue weighted by atomic mass is 16.5. The number of ether oxygens (including phenoxy) is 4. The van der Waals surface area contributed by atoms with Gasteiger partial charge in [0.15, 0.2) is 0 Å². The van der Waals surface area contributed by atoms with Crippen molar-refractivity contribution in [1.82, 2.24) is 10.6 Å². The molecular formula is C12H25N2O4. The van der Waals surface area contributed by atoms with Crippen LogP contribution < -0.4 is 10.6 Å². The largest absolute Gasteiger partial charge is 0.378 e. The fraction of sp³-hybridized carbons (Fsp3) is 0.917. The maximum atomic E-state index is 5.40. The molecule has 0 saturated carbocycles. The summed E-state index contributed by atoms with van der Waals surface area (Å²) >= 11 is 0. The predicted molar refractivity (Wildman–Crippen MR) is 68.4 cm³/mol. The van der Waals surface area contributed by atoms with Crippen molar-refractivity contribution in [2.24, 2.45) is 0 Å². The Morgan fingerprint density at radius 3 is 1.83 bits per heavy atom. The van der Waals surface area contributed by atoms with Gasteiger partial charge in [-0.25, -0.2) is 0 Å². The number of hydrogen-bond donors (Lipinski definition) is 2. The van der Waals surface area contributed by atoms with E-state index in [1.165, 1.54) is 0 Å². The van der Waals surface area contributed by atoms with Crippen molar-refractivity contribution < 1.29 is 18.9 Å². The van der Waals surface area contributed by atoms with Crippen molar-refractivity contribution in [3.63, 3.8) is 0 Å². The van der Waals surface area contributed by atoms with E-state index in [1.54, 1.807) is 6.61 Å². The van der Waals surface area contributed by atoms with Gasteiger partial charge in [0, 0.05) is 26.2 Å². The first-order chi connectivity index (χ1) is 9.00. The SMILES string of the molecule is [CH]1CNCCOCCOCCNCCOCCO1. The summed E-state index contributed by atoms with van der Waals surface area (Å²) in [6.07, 6.45) is 0. The second-order valence-corrected chi connectivity index (χ2v) is 3.83. The lowest BCUT2D eigenvalue weighted by atomic mass is 10.6. The normalized spacial score (nSPS) is 24.0. The third kappa shape index (κ3) is 10.9. The summed E-state index contributed by atoms with van der Waals surface area (Å²) in [5.74, 6) is 0. The lowest BCUT2D eigenvalue weighted by molar-refractivity contribution is 0.0456. The molecule has 1 saturated heterocycles. The van der Waals surface area contributed by atoms with Crippen molar-refractivity contribution in [3.8, 4) is 0 Å². The summed E-state index contributed by atoms with van der Waals surface area (Å²) in [6.45, 7) is 9.59. The molecule has 0 atom stereocenters. The van der Waals surface area contributed by atoms with Crippen LogP contribution >= 0.6 is 0 Å². The van der Waals surface area contributed by atoms with Gasteiger partial charge in [-0.15, -0.1) is 0 Å². The lowest BCUT2D eigenvalue weighted by Crippen LogP contribution is -2.26. The molecule has 0 bridgehead atoms. The van der Waals surface area contributed by atoms with Gasteiger partial charge in [0.2, 0.25) is 0 Å². The van der Waals surface area contributed by atoms with Gasteiger partial charge in [-0.1, -0.05) is 0 Å². The fourth-order valence-corrected chi connectivity index (χ4v) is 1.39. The summed E-state index contributed by atoms with van der Waals surface area (Å²) in [5.41, 5.74) is 0. The van der Waals surface area contributed by atoms with Crippen LogP contribution in [-0.4, -0.2) is 72.4 Å². The Kier molecular flexibility index (Phi) is 11.6. The summed E-state index contributed by atoms with van der Waals surface area (Å²) < 4.78 is 21.5. The molecule has 6 heteroatoms. The Hall–Kier alpha value is -0.240. The molecule has 1 aliphatic heterocycles. The Morgan fingerprint density at radius 2 is 1.17 bits per heavy atom. The van der Waals surface area contributed by atoms with Gasteiger partial charge in [0.25, 0.3) is 0 Å². The molecule has 1 rings (SSSR count). The monoisotopic (exact) mass is 261 g/mol. The number of rotatable bonds is 0. The van der Waals surface area contributed by atoms with Crippen molar-refractivity contribution in [3.05, 3.63) is 6.61 Å². The molecule has 1 heterocycles. The zero-order valence-electron chi connectivity index (χ0n) is 11.0. The number of hydrogen-bond acceptors (Lipinski definition) is 6. The van der Waals surface area contributed by atoms with Crippen LogP contribution in [0.5, 0.6) is 0 Å². The van der Waals surface area contributed by atoms with Crippen LogP contribution in [0, 0.1) is 6.61 Å². The summed E-state index contributed by atoms with van der Waals surface area (Å²) in [7, 11) is 0. The van der Waals surface area contributed by atoms with Crippen LogP contribution in [-0.2, 0) is 18.9 Å². The van der Waals surface area contributed by atoms with E-state index in [0.29, 0.717) is 46.2 Å². The van der Waals surface area contributed by atoms with E-state index in [1.807, 2.05) is 0 Å². The van der Waals surface area contributed by atoms with Gasteiger partial charge in [0.05, 0.1) is 52.9 Å². The second kappa shape index (κ2) is 13.2. The van der Waals surface area contributed by atoms with Crippen molar-refractivity contribution >= 4 is 0 Å². The summed E-state index contributed by atoms with van der Waals surface area (Å²) in [6, 6.07) is 0. The summed E-state index contributed by atoms with van der Waals surface area (Å²) in [5, 5.41) is 6.43. The maximum absolute atomic E-state index is 5.40. The average Bonchev–Trinajstić information content (AvgIpc) is 2.39. The Morgan fingerprint density at radius 1 is 0.611 bits per heavy atom. The molecule has 2 N–H and O–H groups in total. The molecule has 1 aliphatic rings. The van der Waals surface area contributed by atoms with Gasteiger partial charge in [-0.3, -0.25) is 0 Å². The fourth-order valence-electron chi connectivity index (χ4n) is 1.39. The van der Waals surface area contributed by atoms with Gasteiger partial charge in [-0.05, 0) is 0 Å². The third-order valence-corrected chi connectivity index (χ3v) is 2.33. The first kappa shape index (κ1) is 15.8. The topological polar surface area (TPSA) is 61.0 Å². The van der Waals surface area contributed by atoms with Crippen LogP contribution in [0.1, 0.15) is 0 Å². The molecule has 1 fully saturated rings. The van der Waals surface area contributed by atoms with Crippen molar-refractivity contribution in [2.45, 2.75) is 0 Å². The van der Waals surface area contributed by atoms with Crippen LogP contribution in [0.4, 0.5) is 0 Å². The molecule has 0 unspecified atom stereocenters. The van der Waals surface area contributed by atoms with E-state index in [9.17, 15) is 0 Å². The first-order valence-corrected chi connectivity index (χ1v) is 6.58. The summed E-state index contributed by atoms with van der Waals surface area (Å²) in [4.78, 5) is 0. The van der Waals surface area contributed by atoms with Crippen LogP contribution in [0.3, 0.4) is 0 Å². The maximum Gasteiger partial charge on any atom is 0.0974 e. The van der Waals surface area contributed by atoms with Crippen LogP contribution in [0.15, 0.2) is 0 Å². The van der Waals surface area contributed by atoms with Gasteiger partial charge < -0.3 is 29.6 Å². The van der Waals surface area contributed by atoms with Gasteiger partial charge >= 0.3 is 0 Å². The van der Waals surface area contributed by atoms with Crippen molar-refractivity contribution in [2.75, 3.05) is 72.4 Å². The zero-order valence-corrected chi connectivity index (χ0v) is 11.0. The first-order valence-electron chi connectivity index (χ1n) is 6.58. The zero-order chi connectivity index (χ0) is 12.7. The molecule has 0 aromatic heterocycles. The number of nitrogens with one attached hydrogen (secondary N) is 2. The second-order valence-electron chi connectivity index (χ2n) is 3.83. The van der Waals surface area contributed by atoms with E-state index >= 15 is 0 Å². The Bertz CT molecular complexity index is 97.1. The van der Waals surface area contributed by atoms with Crippen LogP contribution in [0.2, 0.25) is 0 Å². The molecule has 0 aromatic rings. The molecule has 1 radical (unpaired) electrons. The highest BCUT2D eigenvalue weighted by Gasteiger charge is 1.94. The third-order valence-electron chi connectivity index (χ3n) is 2.33. The molecule has 0 aromatic carbocycles.